The van der Waals surface area contributed by atoms with E-state index in [0.717, 1.165) is 18.7 Å². The largest absolute Gasteiger partial charge is 0.388 e. The first-order valence-electron chi connectivity index (χ1n) is 3.30. The van der Waals surface area contributed by atoms with E-state index in [0.29, 0.717) is 6.42 Å². The van der Waals surface area contributed by atoms with Gasteiger partial charge in [0.15, 0.2) is 5.78 Å². The zero-order valence-electron chi connectivity index (χ0n) is 5.61. The van der Waals surface area contributed by atoms with Gasteiger partial charge in [-0.3, -0.25) is 4.79 Å². The molecule has 2 heteroatoms. The van der Waals surface area contributed by atoms with Gasteiger partial charge in [0.2, 0.25) is 0 Å². The quantitative estimate of drug-likeness (QED) is 0.562. The molecule has 9 heavy (non-hydrogen) atoms. The van der Waals surface area contributed by atoms with Gasteiger partial charge < -0.3 is 5.32 Å². The minimum atomic E-state index is 0.255. The molecule has 0 saturated carbocycles. The summed E-state index contributed by atoms with van der Waals surface area (Å²) in [6.45, 7) is 2.86. The summed E-state index contributed by atoms with van der Waals surface area (Å²) in [7, 11) is 0. The molecule has 0 unspecified atom stereocenters. The van der Waals surface area contributed by atoms with Crippen molar-refractivity contribution in [3.05, 3.63) is 11.8 Å². The van der Waals surface area contributed by atoms with E-state index in [1.54, 1.807) is 6.08 Å². The van der Waals surface area contributed by atoms with Crippen LogP contribution >= 0.6 is 0 Å². The maximum absolute atomic E-state index is 10.7. The van der Waals surface area contributed by atoms with Crippen molar-refractivity contribution in [2.24, 2.45) is 0 Å². The average Bonchev–Trinajstić information content (AvgIpc) is 1.88. The van der Waals surface area contributed by atoms with Crippen molar-refractivity contribution >= 4 is 5.78 Å². The lowest BCUT2D eigenvalue weighted by molar-refractivity contribution is -0.114. The third kappa shape index (κ3) is 1.56. The second-order valence-corrected chi connectivity index (χ2v) is 2.17. The number of ketones is 1. The van der Waals surface area contributed by atoms with Crippen LogP contribution in [0.25, 0.3) is 0 Å². The Bertz CT molecular complexity index is 149. The summed E-state index contributed by atoms with van der Waals surface area (Å²) in [6.07, 6.45) is 3.29. The predicted octanol–water partition coefficient (Wildman–Crippen LogP) is 0.843. The van der Waals surface area contributed by atoms with Crippen molar-refractivity contribution < 1.29 is 4.79 Å². The summed E-state index contributed by atoms with van der Waals surface area (Å²) in [5, 5.41) is 3.14. The minimum Gasteiger partial charge on any atom is -0.388 e. The van der Waals surface area contributed by atoms with Crippen LogP contribution in [0.3, 0.4) is 0 Å². The zero-order chi connectivity index (χ0) is 6.69. The molecule has 0 aromatic heterocycles. The molecule has 0 aromatic rings. The molecule has 0 amide bonds. The van der Waals surface area contributed by atoms with Crippen LogP contribution in [0.1, 0.15) is 19.8 Å². The summed E-state index contributed by atoms with van der Waals surface area (Å²) >= 11 is 0. The molecule has 0 fully saturated rings. The van der Waals surface area contributed by atoms with E-state index in [-0.39, 0.29) is 5.78 Å². The number of allylic oxidation sites excluding steroid dienone is 2. The molecule has 2 nitrogen and oxygen atoms in total. The monoisotopic (exact) mass is 125 g/mol. The maximum Gasteiger partial charge on any atom is 0.159 e. The lowest BCUT2D eigenvalue weighted by atomic mass is 10.1. The number of carbonyl (C=O) groups excluding carboxylic acids is 1. The van der Waals surface area contributed by atoms with Gasteiger partial charge in [-0.15, -0.1) is 0 Å². The number of nitrogens with one attached hydrogen (secondary N) is 1. The highest BCUT2D eigenvalue weighted by Crippen LogP contribution is 2.02. The number of hydrogen-bond donors (Lipinski definition) is 1. The number of hydrogen-bond acceptors (Lipinski definition) is 2. The Kier molecular flexibility index (Phi) is 1.88. The van der Waals surface area contributed by atoms with Gasteiger partial charge in [0.1, 0.15) is 0 Å². The highest BCUT2D eigenvalue weighted by molar-refractivity contribution is 5.91. The van der Waals surface area contributed by atoms with Crippen LogP contribution in [0, 0.1) is 0 Å². The Morgan fingerprint density at radius 3 is 3.00 bits per heavy atom. The van der Waals surface area contributed by atoms with Gasteiger partial charge in [0, 0.05) is 24.7 Å². The van der Waals surface area contributed by atoms with Crippen molar-refractivity contribution in [1.82, 2.24) is 5.32 Å². The SMILES string of the molecule is CCC1=CC(=O)CCN1. The first-order valence-corrected chi connectivity index (χ1v) is 3.30. The molecule has 0 atom stereocenters. The molecule has 0 aliphatic carbocycles. The predicted molar refractivity (Wildman–Crippen MR) is 36.0 cm³/mol. The lowest BCUT2D eigenvalue weighted by Gasteiger charge is -2.12. The van der Waals surface area contributed by atoms with Crippen molar-refractivity contribution in [3.63, 3.8) is 0 Å². The van der Waals surface area contributed by atoms with E-state index >= 15 is 0 Å². The molecule has 50 valence electrons. The van der Waals surface area contributed by atoms with Crippen LogP contribution in [-0.2, 0) is 4.79 Å². The highest BCUT2D eigenvalue weighted by atomic mass is 16.1. The van der Waals surface area contributed by atoms with Gasteiger partial charge in [-0.1, -0.05) is 6.92 Å². The lowest BCUT2D eigenvalue weighted by Crippen LogP contribution is -2.22. The van der Waals surface area contributed by atoms with E-state index in [1.165, 1.54) is 0 Å². The van der Waals surface area contributed by atoms with Gasteiger partial charge in [-0.25, -0.2) is 0 Å². The molecule has 0 aromatic carbocycles. The van der Waals surface area contributed by atoms with Crippen molar-refractivity contribution in [2.75, 3.05) is 6.54 Å². The van der Waals surface area contributed by atoms with Gasteiger partial charge in [0.25, 0.3) is 0 Å². The first-order chi connectivity index (χ1) is 4.33. The van der Waals surface area contributed by atoms with Gasteiger partial charge >= 0.3 is 0 Å². The summed E-state index contributed by atoms with van der Waals surface area (Å²) in [5.41, 5.74) is 1.08. The minimum absolute atomic E-state index is 0.255. The molecule has 1 rings (SSSR count). The first kappa shape index (κ1) is 6.33. The third-order valence-corrected chi connectivity index (χ3v) is 1.44. The summed E-state index contributed by atoms with van der Waals surface area (Å²) in [5.74, 6) is 0.255. The van der Waals surface area contributed by atoms with E-state index in [1.807, 2.05) is 6.92 Å². The van der Waals surface area contributed by atoms with Gasteiger partial charge in [-0.05, 0) is 6.42 Å². The second-order valence-electron chi connectivity index (χ2n) is 2.17. The fourth-order valence-corrected chi connectivity index (χ4v) is 0.891. The zero-order valence-corrected chi connectivity index (χ0v) is 5.61. The number of rotatable bonds is 1. The third-order valence-electron chi connectivity index (χ3n) is 1.44. The smallest absolute Gasteiger partial charge is 0.159 e. The van der Waals surface area contributed by atoms with E-state index in [2.05, 4.69) is 5.32 Å². The Morgan fingerprint density at radius 2 is 2.56 bits per heavy atom. The van der Waals surface area contributed by atoms with Crippen molar-refractivity contribution in [1.29, 1.82) is 0 Å². The number of carbonyl (C=O) groups is 1. The van der Waals surface area contributed by atoms with Crippen LogP contribution < -0.4 is 5.32 Å². The normalized spacial score (nSPS) is 18.8. The molecule has 0 spiro atoms. The van der Waals surface area contributed by atoms with Crippen molar-refractivity contribution in [3.8, 4) is 0 Å². The van der Waals surface area contributed by atoms with Gasteiger partial charge in [0.05, 0.1) is 0 Å². The Morgan fingerprint density at radius 1 is 1.78 bits per heavy atom. The molecule has 0 saturated heterocycles. The van der Waals surface area contributed by atoms with E-state index in [9.17, 15) is 4.79 Å². The van der Waals surface area contributed by atoms with Crippen LogP contribution in [0.15, 0.2) is 11.8 Å². The fourth-order valence-electron chi connectivity index (χ4n) is 0.891. The van der Waals surface area contributed by atoms with E-state index in [4.69, 9.17) is 0 Å². The summed E-state index contributed by atoms with van der Waals surface area (Å²) in [6, 6.07) is 0. The molecule has 1 heterocycles. The van der Waals surface area contributed by atoms with Crippen LogP contribution in [0.2, 0.25) is 0 Å². The molecule has 1 N–H and O–H groups in total. The van der Waals surface area contributed by atoms with E-state index < -0.39 is 0 Å². The molecule has 1 aliphatic heterocycles. The second kappa shape index (κ2) is 2.67. The van der Waals surface area contributed by atoms with Crippen molar-refractivity contribution in [2.45, 2.75) is 19.8 Å². The Balaban J connectivity index is 2.59. The topological polar surface area (TPSA) is 29.1 Å². The summed E-state index contributed by atoms with van der Waals surface area (Å²) < 4.78 is 0. The molecular formula is C7H11NO. The van der Waals surface area contributed by atoms with Crippen LogP contribution in [-0.4, -0.2) is 12.3 Å². The molecular weight excluding hydrogens is 114 g/mol. The summed E-state index contributed by atoms with van der Waals surface area (Å²) in [4.78, 5) is 10.7. The standard InChI is InChI=1S/C7H11NO/c1-2-6-5-7(9)3-4-8-6/h5,8H,2-4H2,1H3. The van der Waals surface area contributed by atoms with Crippen LogP contribution in [0.5, 0.6) is 0 Å². The van der Waals surface area contributed by atoms with Crippen LogP contribution in [0.4, 0.5) is 0 Å². The molecule has 1 aliphatic rings. The fraction of sp³-hybridized carbons (Fsp3) is 0.571. The Hall–Kier alpha value is -0.790. The highest BCUT2D eigenvalue weighted by Gasteiger charge is 2.05. The van der Waals surface area contributed by atoms with Gasteiger partial charge in [-0.2, -0.15) is 0 Å². The molecule has 0 bridgehead atoms. The Labute approximate surface area is 54.9 Å². The maximum atomic E-state index is 10.7. The molecule has 0 radical (unpaired) electrons. The average molecular weight is 125 g/mol.